The number of rotatable bonds is 3. The standard InChI is InChI=1S/C9H10Cl3NO2S/c1-5(2)16(14,15)13-9-7(11)3-6(10)4-8(9)12/h3-5,13H,1-2H3. The highest BCUT2D eigenvalue weighted by Crippen LogP contribution is 2.34. The minimum absolute atomic E-state index is 0.154. The van der Waals surface area contributed by atoms with Crippen LogP contribution in [0.15, 0.2) is 12.1 Å². The molecule has 0 aromatic heterocycles. The fourth-order valence-corrected chi connectivity index (χ4v) is 2.66. The van der Waals surface area contributed by atoms with Gasteiger partial charge in [-0.15, -0.1) is 0 Å². The Labute approximate surface area is 110 Å². The molecule has 1 rings (SSSR count). The highest BCUT2D eigenvalue weighted by atomic mass is 35.5. The van der Waals surface area contributed by atoms with E-state index in [4.69, 9.17) is 34.8 Å². The molecule has 0 saturated carbocycles. The van der Waals surface area contributed by atoms with Crippen molar-refractivity contribution in [2.45, 2.75) is 19.1 Å². The molecule has 1 aromatic rings. The zero-order chi connectivity index (χ0) is 12.5. The third-order valence-electron chi connectivity index (χ3n) is 1.87. The first-order valence-electron chi connectivity index (χ1n) is 4.40. The number of anilines is 1. The predicted molar refractivity (Wildman–Crippen MR) is 69.2 cm³/mol. The Kier molecular flexibility index (Phi) is 4.35. The van der Waals surface area contributed by atoms with Gasteiger partial charge in [0.2, 0.25) is 10.0 Å². The van der Waals surface area contributed by atoms with Crippen LogP contribution in [-0.2, 0) is 10.0 Å². The Hall–Kier alpha value is -0.160. The van der Waals surface area contributed by atoms with E-state index >= 15 is 0 Å². The average Bonchev–Trinajstić information content (AvgIpc) is 2.11. The summed E-state index contributed by atoms with van der Waals surface area (Å²) in [5, 5.41) is 0.112. The van der Waals surface area contributed by atoms with E-state index in [1.54, 1.807) is 13.8 Å². The van der Waals surface area contributed by atoms with E-state index in [-0.39, 0.29) is 15.7 Å². The number of nitrogens with one attached hydrogen (secondary N) is 1. The van der Waals surface area contributed by atoms with Gasteiger partial charge < -0.3 is 0 Å². The SMILES string of the molecule is CC(C)S(=O)(=O)Nc1c(Cl)cc(Cl)cc1Cl. The highest BCUT2D eigenvalue weighted by Gasteiger charge is 2.19. The summed E-state index contributed by atoms with van der Waals surface area (Å²) in [5.74, 6) is 0. The number of hydrogen-bond donors (Lipinski definition) is 1. The van der Waals surface area contributed by atoms with Crippen molar-refractivity contribution in [1.29, 1.82) is 0 Å². The Bertz CT molecular complexity index is 476. The van der Waals surface area contributed by atoms with Crippen molar-refractivity contribution in [2.75, 3.05) is 4.72 Å². The molecule has 0 spiro atoms. The van der Waals surface area contributed by atoms with Crippen molar-refractivity contribution in [3.63, 3.8) is 0 Å². The van der Waals surface area contributed by atoms with Gasteiger partial charge in [-0.2, -0.15) is 0 Å². The van der Waals surface area contributed by atoms with Gasteiger partial charge in [-0.25, -0.2) is 8.42 Å². The van der Waals surface area contributed by atoms with Gasteiger partial charge in [0.1, 0.15) is 0 Å². The Balaban J connectivity index is 3.17. The van der Waals surface area contributed by atoms with Crippen molar-refractivity contribution in [3.05, 3.63) is 27.2 Å². The van der Waals surface area contributed by atoms with Crippen LogP contribution in [-0.4, -0.2) is 13.7 Å². The minimum Gasteiger partial charge on any atom is -0.280 e. The van der Waals surface area contributed by atoms with Crippen molar-refractivity contribution in [2.24, 2.45) is 0 Å². The smallest absolute Gasteiger partial charge is 0.235 e. The van der Waals surface area contributed by atoms with Crippen LogP contribution in [0.25, 0.3) is 0 Å². The maximum atomic E-state index is 11.6. The van der Waals surface area contributed by atoms with Gasteiger partial charge in [0.05, 0.1) is 21.0 Å². The lowest BCUT2D eigenvalue weighted by molar-refractivity contribution is 0.593. The molecule has 0 radical (unpaired) electrons. The summed E-state index contributed by atoms with van der Waals surface area (Å²) in [5.41, 5.74) is 0.154. The summed E-state index contributed by atoms with van der Waals surface area (Å²) < 4.78 is 25.6. The minimum atomic E-state index is -3.47. The van der Waals surface area contributed by atoms with Gasteiger partial charge in [-0.1, -0.05) is 34.8 Å². The molecule has 7 heteroatoms. The molecule has 0 fully saturated rings. The van der Waals surface area contributed by atoms with Gasteiger partial charge >= 0.3 is 0 Å². The van der Waals surface area contributed by atoms with Gasteiger partial charge in [-0.05, 0) is 26.0 Å². The molecule has 3 nitrogen and oxygen atoms in total. The highest BCUT2D eigenvalue weighted by molar-refractivity contribution is 7.93. The van der Waals surface area contributed by atoms with Crippen LogP contribution in [0.1, 0.15) is 13.8 Å². The third-order valence-corrected chi connectivity index (χ3v) is 4.42. The molecule has 0 unspecified atom stereocenters. The van der Waals surface area contributed by atoms with Crippen molar-refractivity contribution < 1.29 is 8.42 Å². The second kappa shape index (κ2) is 5.00. The second-order valence-corrected chi connectivity index (χ2v) is 6.93. The van der Waals surface area contributed by atoms with Crippen LogP contribution in [0, 0.1) is 0 Å². The fourth-order valence-electron chi connectivity index (χ4n) is 0.900. The van der Waals surface area contributed by atoms with E-state index in [1.165, 1.54) is 12.1 Å². The molecule has 0 aliphatic heterocycles. The molecular weight excluding hydrogens is 293 g/mol. The molecule has 1 aromatic carbocycles. The fraction of sp³-hybridized carbons (Fsp3) is 0.333. The Morgan fingerprint density at radius 1 is 1.12 bits per heavy atom. The topological polar surface area (TPSA) is 46.2 Å². The predicted octanol–water partition coefficient (Wildman–Crippen LogP) is 3.80. The van der Waals surface area contributed by atoms with E-state index in [9.17, 15) is 8.42 Å². The summed E-state index contributed by atoms with van der Waals surface area (Å²) >= 11 is 17.4. The lowest BCUT2D eigenvalue weighted by Crippen LogP contribution is -2.22. The summed E-state index contributed by atoms with van der Waals surface area (Å²) in [7, 11) is -3.47. The van der Waals surface area contributed by atoms with E-state index < -0.39 is 15.3 Å². The second-order valence-electron chi connectivity index (χ2n) is 3.44. The van der Waals surface area contributed by atoms with Gasteiger partial charge in [0, 0.05) is 5.02 Å². The molecule has 0 aliphatic rings. The van der Waals surface area contributed by atoms with E-state index in [2.05, 4.69) is 4.72 Å². The number of benzene rings is 1. The largest absolute Gasteiger partial charge is 0.280 e. The summed E-state index contributed by atoms with van der Waals surface area (Å²) in [4.78, 5) is 0. The van der Waals surface area contributed by atoms with Crippen LogP contribution in [0.2, 0.25) is 15.1 Å². The van der Waals surface area contributed by atoms with Crippen LogP contribution in [0.5, 0.6) is 0 Å². The first-order chi connectivity index (χ1) is 7.24. The number of hydrogen-bond acceptors (Lipinski definition) is 2. The van der Waals surface area contributed by atoms with E-state index in [1.807, 2.05) is 0 Å². The molecule has 0 saturated heterocycles. The lowest BCUT2D eigenvalue weighted by Gasteiger charge is -2.13. The molecule has 0 aliphatic carbocycles. The molecule has 1 N–H and O–H groups in total. The van der Waals surface area contributed by atoms with E-state index in [0.717, 1.165) is 0 Å². The monoisotopic (exact) mass is 301 g/mol. The maximum Gasteiger partial charge on any atom is 0.235 e. The third kappa shape index (κ3) is 3.17. The van der Waals surface area contributed by atoms with Crippen LogP contribution in [0.4, 0.5) is 5.69 Å². The molecular formula is C9H10Cl3NO2S. The molecule has 0 atom stereocenters. The van der Waals surface area contributed by atoms with Crippen LogP contribution < -0.4 is 4.72 Å². The zero-order valence-corrected chi connectivity index (χ0v) is 11.7. The molecule has 16 heavy (non-hydrogen) atoms. The van der Waals surface area contributed by atoms with Gasteiger partial charge in [0.15, 0.2) is 0 Å². The summed E-state index contributed by atoms with van der Waals surface area (Å²) in [6.07, 6.45) is 0. The zero-order valence-electron chi connectivity index (χ0n) is 8.59. The van der Waals surface area contributed by atoms with Gasteiger partial charge in [-0.3, -0.25) is 4.72 Å². The molecule has 90 valence electrons. The first-order valence-corrected chi connectivity index (χ1v) is 7.08. The van der Waals surface area contributed by atoms with E-state index in [0.29, 0.717) is 5.02 Å². The van der Waals surface area contributed by atoms with Crippen molar-refractivity contribution in [1.82, 2.24) is 0 Å². The normalized spacial score (nSPS) is 11.9. The number of sulfonamides is 1. The summed E-state index contributed by atoms with van der Waals surface area (Å²) in [6.45, 7) is 3.11. The first kappa shape index (κ1) is 13.9. The Morgan fingerprint density at radius 3 is 1.94 bits per heavy atom. The quantitative estimate of drug-likeness (QED) is 0.923. The van der Waals surface area contributed by atoms with Crippen molar-refractivity contribution in [3.8, 4) is 0 Å². The maximum absolute atomic E-state index is 11.6. The van der Waals surface area contributed by atoms with Crippen LogP contribution in [0.3, 0.4) is 0 Å². The van der Waals surface area contributed by atoms with Crippen LogP contribution >= 0.6 is 34.8 Å². The summed E-state index contributed by atoms with van der Waals surface area (Å²) in [6, 6.07) is 2.85. The molecule has 0 heterocycles. The molecule has 0 bridgehead atoms. The molecule has 0 amide bonds. The lowest BCUT2D eigenvalue weighted by atomic mass is 10.3. The van der Waals surface area contributed by atoms with Crippen molar-refractivity contribution >= 4 is 50.5 Å². The Morgan fingerprint density at radius 2 is 1.56 bits per heavy atom. The number of halogens is 3. The van der Waals surface area contributed by atoms with Gasteiger partial charge in [0.25, 0.3) is 0 Å². The average molecular weight is 303 g/mol.